The number of carbonyl (C=O) groups excluding carboxylic acids is 3. The molecule has 1 aromatic heterocycles. The van der Waals surface area contributed by atoms with Crippen LogP contribution in [0.1, 0.15) is 49.8 Å². The Bertz CT molecular complexity index is 1100. The molecule has 212 valence electrons. The Morgan fingerprint density at radius 3 is 2.69 bits per heavy atom. The van der Waals surface area contributed by atoms with Gasteiger partial charge in [0.2, 0.25) is 11.8 Å². The van der Waals surface area contributed by atoms with E-state index in [0.717, 1.165) is 55.5 Å². The van der Waals surface area contributed by atoms with Gasteiger partial charge in [0.1, 0.15) is 12.3 Å². The van der Waals surface area contributed by atoms with Crippen LogP contribution < -0.4 is 32.0 Å². The van der Waals surface area contributed by atoms with Gasteiger partial charge < -0.3 is 26.1 Å². The van der Waals surface area contributed by atoms with E-state index in [1.54, 1.807) is 23.0 Å². The summed E-state index contributed by atoms with van der Waals surface area (Å²) in [7, 11) is 0. The number of thioether (sulfide) groups is 1. The van der Waals surface area contributed by atoms with Gasteiger partial charge >= 0.3 is 6.03 Å². The van der Waals surface area contributed by atoms with Gasteiger partial charge in [-0.25, -0.2) is 9.48 Å². The first kappa shape index (κ1) is 28.7. The SMILES string of the molecule is NOc1ccc(CCNC(=O)Cn2cc(CCCCNC(=O)CCCCC3SCC4NC(=O)NC43)nn2)cc1. The normalized spacial score (nSPS) is 19.7. The molecule has 2 aliphatic rings. The lowest BCUT2D eigenvalue weighted by atomic mass is 10.0. The predicted octanol–water partition coefficient (Wildman–Crippen LogP) is 1.05. The van der Waals surface area contributed by atoms with Gasteiger partial charge in [0.05, 0.1) is 17.8 Å². The predicted molar refractivity (Wildman–Crippen MR) is 148 cm³/mol. The zero-order valence-corrected chi connectivity index (χ0v) is 22.9. The fraction of sp³-hybridized carbons (Fsp3) is 0.577. The molecular weight excluding hydrogens is 520 g/mol. The van der Waals surface area contributed by atoms with Crippen LogP contribution in [0.5, 0.6) is 5.75 Å². The summed E-state index contributed by atoms with van der Waals surface area (Å²) in [6, 6.07) is 7.80. The molecule has 2 fully saturated rings. The Labute approximate surface area is 232 Å². The third-order valence-electron chi connectivity index (χ3n) is 6.95. The standard InChI is InChI=1S/C26H38N8O4S/c27-38-20-10-8-18(9-11-20)12-14-29-24(36)16-34-15-19(32-33-34)5-3-4-13-28-23(35)7-2-1-6-22-25-21(17-39-22)30-26(37)31-25/h8-11,15,21-22,25H,1-7,12-14,16-17,27H2,(H,28,35)(H,29,36)(H2,30,31,37). The highest BCUT2D eigenvalue weighted by molar-refractivity contribution is 8.00. The van der Waals surface area contributed by atoms with Gasteiger partial charge in [-0.1, -0.05) is 23.8 Å². The Morgan fingerprint density at radius 2 is 1.87 bits per heavy atom. The molecule has 1 aromatic carbocycles. The lowest BCUT2D eigenvalue weighted by Crippen LogP contribution is -2.36. The van der Waals surface area contributed by atoms with E-state index in [2.05, 4.69) is 36.4 Å². The maximum atomic E-state index is 12.2. The van der Waals surface area contributed by atoms with Crippen LogP contribution in [0.4, 0.5) is 4.79 Å². The van der Waals surface area contributed by atoms with Crippen LogP contribution in [0.25, 0.3) is 0 Å². The zero-order valence-electron chi connectivity index (χ0n) is 22.1. The summed E-state index contributed by atoms with van der Waals surface area (Å²) in [5.41, 5.74) is 1.91. The number of amides is 4. The number of hydrogen-bond acceptors (Lipinski definition) is 8. The number of fused-ring (bicyclic) bond motifs is 1. The van der Waals surface area contributed by atoms with Gasteiger partial charge in [-0.2, -0.15) is 17.7 Å². The minimum absolute atomic E-state index is 0.0588. The van der Waals surface area contributed by atoms with Gasteiger partial charge in [0.15, 0.2) is 0 Å². The minimum Gasteiger partial charge on any atom is -0.412 e. The summed E-state index contributed by atoms with van der Waals surface area (Å²) < 4.78 is 1.54. The van der Waals surface area contributed by atoms with Crippen LogP contribution in [0.15, 0.2) is 30.5 Å². The number of unbranched alkanes of at least 4 members (excludes halogenated alkanes) is 2. The molecule has 0 saturated carbocycles. The van der Waals surface area contributed by atoms with E-state index in [4.69, 9.17) is 5.90 Å². The molecule has 0 radical (unpaired) electrons. The number of nitrogens with two attached hydrogens (primary N) is 1. The molecule has 4 rings (SSSR count). The average molecular weight is 559 g/mol. The molecule has 6 N–H and O–H groups in total. The van der Waals surface area contributed by atoms with Crippen LogP contribution in [-0.2, 0) is 29.0 Å². The fourth-order valence-corrected chi connectivity index (χ4v) is 6.38. The number of aromatic nitrogens is 3. The van der Waals surface area contributed by atoms with E-state index in [1.165, 1.54) is 0 Å². The second-order valence-corrected chi connectivity index (χ2v) is 11.2. The molecule has 2 aliphatic heterocycles. The molecule has 3 heterocycles. The largest absolute Gasteiger partial charge is 0.412 e. The van der Waals surface area contributed by atoms with Crippen molar-refractivity contribution in [2.45, 2.75) is 75.2 Å². The lowest BCUT2D eigenvalue weighted by Gasteiger charge is -2.16. The summed E-state index contributed by atoms with van der Waals surface area (Å²) >= 11 is 1.91. The number of benzene rings is 1. The Hall–Kier alpha value is -3.32. The Morgan fingerprint density at radius 1 is 1.05 bits per heavy atom. The number of hydrogen-bond donors (Lipinski definition) is 5. The maximum absolute atomic E-state index is 12.2. The van der Waals surface area contributed by atoms with Crippen molar-refractivity contribution in [1.82, 2.24) is 36.3 Å². The number of rotatable bonds is 16. The summed E-state index contributed by atoms with van der Waals surface area (Å²) in [5, 5.41) is 20.5. The number of aryl methyl sites for hydroxylation is 1. The van der Waals surface area contributed by atoms with E-state index in [1.807, 2.05) is 23.9 Å². The lowest BCUT2D eigenvalue weighted by molar-refractivity contribution is -0.122. The summed E-state index contributed by atoms with van der Waals surface area (Å²) in [6.07, 6.45) is 8.35. The fourth-order valence-electron chi connectivity index (χ4n) is 4.84. The summed E-state index contributed by atoms with van der Waals surface area (Å²) in [5.74, 6) is 6.63. The van der Waals surface area contributed by atoms with E-state index < -0.39 is 0 Å². The first-order valence-electron chi connectivity index (χ1n) is 13.6. The van der Waals surface area contributed by atoms with Crippen LogP contribution in [0.3, 0.4) is 0 Å². The second kappa shape index (κ2) is 14.7. The number of nitrogens with zero attached hydrogens (tertiary/aromatic N) is 3. The molecule has 2 saturated heterocycles. The molecule has 13 heteroatoms. The summed E-state index contributed by atoms with van der Waals surface area (Å²) in [4.78, 5) is 40.4. The summed E-state index contributed by atoms with van der Waals surface area (Å²) in [6.45, 7) is 1.28. The molecule has 12 nitrogen and oxygen atoms in total. The molecule has 0 spiro atoms. The molecule has 4 amide bonds. The van der Waals surface area contributed by atoms with E-state index in [9.17, 15) is 14.4 Å². The highest BCUT2D eigenvalue weighted by Gasteiger charge is 2.42. The van der Waals surface area contributed by atoms with E-state index in [-0.39, 0.29) is 36.5 Å². The third kappa shape index (κ3) is 9.13. The molecule has 0 aliphatic carbocycles. The molecule has 39 heavy (non-hydrogen) atoms. The van der Waals surface area contributed by atoms with Gasteiger partial charge in [-0.3, -0.25) is 9.59 Å². The first-order chi connectivity index (χ1) is 19.0. The Kier molecular flexibility index (Phi) is 10.8. The van der Waals surface area contributed by atoms with Crippen molar-refractivity contribution in [1.29, 1.82) is 0 Å². The van der Waals surface area contributed by atoms with Gasteiger partial charge in [-0.05, 0) is 56.2 Å². The van der Waals surface area contributed by atoms with E-state index in [0.29, 0.717) is 36.9 Å². The number of carbonyl (C=O) groups is 3. The van der Waals surface area contributed by atoms with Crippen molar-refractivity contribution in [2.75, 3.05) is 18.8 Å². The molecule has 3 atom stereocenters. The van der Waals surface area contributed by atoms with Crippen molar-refractivity contribution in [3.63, 3.8) is 0 Å². The first-order valence-corrected chi connectivity index (χ1v) is 14.6. The minimum atomic E-state index is -0.121. The van der Waals surface area contributed by atoms with E-state index >= 15 is 0 Å². The van der Waals surface area contributed by atoms with Gasteiger partial charge in [0, 0.05) is 36.7 Å². The van der Waals surface area contributed by atoms with Crippen LogP contribution in [0, 0.1) is 0 Å². The van der Waals surface area contributed by atoms with Gasteiger partial charge in [-0.15, -0.1) is 5.10 Å². The van der Waals surface area contributed by atoms with Crippen molar-refractivity contribution in [3.8, 4) is 5.75 Å². The van der Waals surface area contributed by atoms with Crippen LogP contribution in [-0.4, -0.2) is 69.0 Å². The topological polar surface area (TPSA) is 165 Å². The van der Waals surface area contributed by atoms with Gasteiger partial charge in [0.25, 0.3) is 0 Å². The smallest absolute Gasteiger partial charge is 0.315 e. The highest BCUT2D eigenvalue weighted by atomic mass is 32.2. The van der Waals surface area contributed by atoms with Crippen LogP contribution in [0.2, 0.25) is 0 Å². The molecule has 0 bridgehead atoms. The average Bonchev–Trinajstić information content (AvgIpc) is 3.63. The van der Waals surface area contributed by atoms with Crippen molar-refractivity contribution in [2.24, 2.45) is 5.90 Å². The molecule has 2 aromatic rings. The second-order valence-electron chi connectivity index (χ2n) is 9.94. The molecular formula is C26H38N8O4S. The Balaban J connectivity index is 0.998. The third-order valence-corrected chi connectivity index (χ3v) is 8.46. The monoisotopic (exact) mass is 558 g/mol. The zero-order chi connectivity index (χ0) is 27.5. The highest BCUT2D eigenvalue weighted by Crippen LogP contribution is 2.33. The van der Waals surface area contributed by atoms with Crippen molar-refractivity contribution < 1.29 is 19.2 Å². The maximum Gasteiger partial charge on any atom is 0.315 e. The van der Waals surface area contributed by atoms with Crippen LogP contribution >= 0.6 is 11.8 Å². The quantitative estimate of drug-likeness (QED) is 0.116. The van der Waals surface area contributed by atoms with Crippen molar-refractivity contribution >= 4 is 29.6 Å². The number of urea groups is 1. The molecule has 3 unspecified atom stereocenters. The van der Waals surface area contributed by atoms with Crippen molar-refractivity contribution in [3.05, 3.63) is 41.7 Å². The number of nitrogens with one attached hydrogen (secondary N) is 4.